The topological polar surface area (TPSA) is 17.8 Å². The minimum absolute atomic E-state index is 1.22. The van der Waals surface area contributed by atoms with Crippen LogP contribution in [0.4, 0.5) is 0 Å². The molecule has 2 heteroatoms. The Hall–Kier alpha value is -1.57. The van der Waals surface area contributed by atoms with E-state index in [1.54, 1.807) is 11.1 Å². The molecule has 0 aliphatic heterocycles. The number of hydrogen-bond acceptors (Lipinski definition) is 1. The summed E-state index contributed by atoms with van der Waals surface area (Å²) in [6, 6.07) is 4.63. The van der Waals surface area contributed by atoms with Crippen LogP contribution in [0.25, 0.3) is 11.1 Å². The van der Waals surface area contributed by atoms with E-state index in [-0.39, 0.29) is 0 Å². The zero-order valence-corrected chi connectivity index (χ0v) is 9.83. The first-order chi connectivity index (χ1) is 7.74. The summed E-state index contributed by atoms with van der Waals surface area (Å²) in [4.78, 5) is 0. The van der Waals surface area contributed by atoms with Crippen LogP contribution >= 0.6 is 0 Å². The molecule has 2 nitrogen and oxygen atoms in total. The van der Waals surface area contributed by atoms with Crippen molar-refractivity contribution in [2.45, 2.75) is 26.2 Å². The molecule has 1 aromatic carbocycles. The van der Waals surface area contributed by atoms with Crippen molar-refractivity contribution in [1.29, 1.82) is 0 Å². The molecule has 2 aromatic rings. The first kappa shape index (κ1) is 9.64. The average Bonchev–Trinajstić information content (AvgIpc) is 2.84. The van der Waals surface area contributed by atoms with Crippen LogP contribution in [0.15, 0.2) is 24.5 Å². The van der Waals surface area contributed by atoms with Gasteiger partial charge in [-0.15, -0.1) is 0 Å². The summed E-state index contributed by atoms with van der Waals surface area (Å²) in [7, 11) is 1.97. The molecule has 0 saturated carbocycles. The molecule has 0 atom stereocenters. The van der Waals surface area contributed by atoms with Gasteiger partial charge >= 0.3 is 0 Å². The molecule has 0 radical (unpaired) electrons. The van der Waals surface area contributed by atoms with Crippen molar-refractivity contribution in [2.75, 3.05) is 0 Å². The number of benzene rings is 1. The third kappa shape index (κ3) is 1.45. The molecule has 0 saturated heterocycles. The number of hydrogen-bond donors (Lipinski definition) is 0. The quantitative estimate of drug-likeness (QED) is 0.710. The summed E-state index contributed by atoms with van der Waals surface area (Å²) in [6.07, 6.45) is 7.83. The van der Waals surface area contributed by atoms with E-state index in [0.717, 1.165) is 0 Å². The van der Waals surface area contributed by atoms with Gasteiger partial charge in [-0.25, -0.2) is 0 Å². The molecule has 1 aromatic heterocycles. The third-order valence-electron chi connectivity index (χ3n) is 3.38. The van der Waals surface area contributed by atoms with Gasteiger partial charge in [0.05, 0.1) is 6.20 Å². The van der Waals surface area contributed by atoms with Crippen LogP contribution in [0.2, 0.25) is 0 Å². The van der Waals surface area contributed by atoms with Crippen molar-refractivity contribution in [2.24, 2.45) is 7.05 Å². The molecule has 0 unspecified atom stereocenters. The van der Waals surface area contributed by atoms with Crippen LogP contribution in [-0.2, 0) is 19.9 Å². The second-order valence-electron chi connectivity index (χ2n) is 4.71. The Labute approximate surface area is 95.9 Å². The molecule has 0 spiro atoms. The Balaban J connectivity index is 2.20. The highest BCUT2D eigenvalue weighted by atomic mass is 15.2. The Kier molecular flexibility index (Phi) is 2.10. The van der Waals surface area contributed by atoms with E-state index in [2.05, 4.69) is 30.4 Å². The number of nitrogens with zero attached hydrogens (tertiary/aromatic N) is 2. The standard InChI is InChI=1S/C14H16N2/c1-10-6-11-4-3-5-13(11)14(7-10)12-8-15-16(2)9-12/h6-9H,3-5H2,1-2H3. The van der Waals surface area contributed by atoms with E-state index in [0.29, 0.717) is 0 Å². The van der Waals surface area contributed by atoms with E-state index in [9.17, 15) is 0 Å². The second-order valence-corrected chi connectivity index (χ2v) is 4.71. The fraction of sp³-hybridized carbons (Fsp3) is 0.357. The highest BCUT2D eigenvalue weighted by molar-refractivity contribution is 5.69. The van der Waals surface area contributed by atoms with Gasteiger partial charge in [-0.05, 0) is 42.9 Å². The molecule has 1 aliphatic carbocycles. The molecule has 0 fully saturated rings. The van der Waals surface area contributed by atoms with Crippen molar-refractivity contribution in [3.05, 3.63) is 41.2 Å². The lowest BCUT2D eigenvalue weighted by Crippen LogP contribution is -1.90. The Morgan fingerprint density at radius 2 is 2.12 bits per heavy atom. The van der Waals surface area contributed by atoms with Crippen molar-refractivity contribution in [3.8, 4) is 11.1 Å². The van der Waals surface area contributed by atoms with Crippen LogP contribution in [0, 0.1) is 6.92 Å². The van der Waals surface area contributed by atoms with Crippen LogP contribution in [-0.4, -0.2) is 9.78 Å². The maximum atomic E-state index is 4.26. The lowest BCUT2D eigenvalue weighted by molar-refractivity contribution is 0.768. The molecule has 0 N–H and O–H groups in total. The number of rotatable bonds is 1. The molecule has 0 amide bonds. The number of aromatic nitrogens is 2. The number of fused-ring (bicyclic) bond motifs is 1. The maximum absolute atomic E-state index is 4.26. The van der Waals surface area contributed by atoms with Crippen LogP contribution < -0.4 is 0 Å². The van der Waals surface area contributed by atoms with Gasteiger partial charge < -0.3 is 0 Å². The van der Waals surface area contributed by atoms with Gasteiger partial charge in [0.25, 0.3) is 0 Å². The predicted octanol–water partition coefficient (Wildman–Crippen LogP) is 2.88. The van der Waals surface area contributed by atoms with Crippen molar-refractivity contribution in [3.63, 3.8) is 0 Å². The molecular formula is C14H16N2. The van der Waals surface area contributed by atoms with Gasteiger partial charge in [0.15, 0.2) is 0 Å². The summed E-state index contributed by atoms with van der Waals surface area (Å²) in [5.41, 5.74) is 7.09. The second kappa shape index (κ2) is 3.48. The number of aryl methyl sites for hydroxylation is 3. The summed E-state index contributed by atoms with van der Waals surface area (Å²) >= 11 is 0. The largest absolute Gasteiger partial charge is 0.275 e. The molecule has 0 bridgehead atoms. The van der Waals surface area contributed by atoms with Gasteiger partial charge in [-0.2, -0.15) is 5.10 Å². The van der Waals surface area contributed by atoms with Crippen LogP contribution in [0.5, 0.6) is 0 Å². The van der Waals surface area contributed by atoms with Gasteiger partial charge in [0.2, 0.25) is 0 Å². The fourth-order valence-electron chi connectivity index (χ4n) is 2.68. The molecular weight excluding hydrogens is 196 g/mol. The van der Waals surface area contributed by atoms with Crippen LogP contribution in [0.1, 0.15) is 23.1 Å². The van der Waals surface area contributed by atoms with Crippen molar-refractivity contribution < 1.29 is 0 Å². The Bertz CT molecular complexity index is 538. The summed E-state index contributed by atoms with van der Waals surface area (Å²) in [6.45, 7) is 2.18. The average molecular weight is 212 g/mol. The Morgan fingerprint density at radius 3 is 2.88 bits per heavy atom. The minimum Gasteiger partial charge on any atom is -0.275 e. The molecule has 3 rings (SSSR count). The van der Waals surface area contributed by atoms with Gasteiger partial charge in [-0.1, -0.05) is 17.7 Å². The zero-order chi connectivity index (χ0) is 11.1. The summed E-state index contributed by atoms with van der Waals surface area (Å²) in [5.74, 6) is 0. The normalized spacial score (nSPS) is 14.1. The fourth-order valence-corrected chi connectivity index (χ4v) is 2.68. The SMILES string of the molecule is Cc1cc2c(c(-c3cnn(C)c3)c1)CCC2. The highest BCUT2D eigenvalue weighted by Crippen LogP contribution is 2.33. The molecule has 16 heavy (non-hydrogen) atoms. The van der Waals surface area contributed by atoms with Gasteiger partial charge in [-0.3, -0.25) is 4.68 Å². The van der Waals surface area contributed by atoms with E-state index in [1.807, 2.05) is 17.9 Å². The summed E-state index contributed by atoms with van der Waals surface area (Å²) < 4.78 is 1.87. The van der Waals surface area contributed by atoms with Gasteiger partial charge in [0, 0.05) is 18.8 Å². The minimum atomic E-state index is 1.22. The smallest absolute Gasteiger partial charge is 0.0568 e. The molecule has 1 aliphatic rings. The van der Waals surface area contributed by atoms with E-state index in [4.69, 9.17) is 0 Å². The lowest BCUT2D eigenvalue weighted by Gasteiger charge is -2.08. The van der Waals surface area contributed by atoms with Crippen molar-refractivity contribution >= 4 is 0 Å². The van der Waals surface area contributed by atoms with Gasteiger partial charge in [0.1, 0.15) is 0 Å². The predicted molar refractivity (Wildman–Crippen MR) is 65.4 cm³/mol. The van der Waals surface area contributed by atoms with E-state index in [1.165, 1.54) is 36.0 Å². The monoisotopic (exact) mass is 212 g/mol. The first-order valence-electron chi connectivity index (χ1n) is 5.85. The lowest BCUT2D eigenvalue weighted by atomic mass is 9.96. The zero-order valence-electron chi connectivity index (χ0n) is 9.83. The van der Waals surface area contributed by atoms with E-state index < -0.39 is 0 Å². The van der Waals surface area contributed by atoms with Crippen LogP contribution in [0.3, 0.4) is 0 Å². The molecule has 1 heterocycles. The molecule has 82 valence electrons. The third-order valence-corrected chi connectivity index (χ3v) is 3.38. The van der Waals surface area contributed by atoms with E-state index >= 15 is 0 Å². The Morgan fingerprint density at radius 1 is 1.25 bits per heavy atom. The highest BCUT2D eigenvalue weighted by Gasteiger charge is 2.16. The first-order valence-corrected chi connectivity index (χ1v) is 5.85. The maximum Gasteiger partial charge on any atom is 0.0568 e. The summed E-state index contributed by atoms with van der Waals surface area (Å²) in [5, 5.41) is 4.26. The van der Waals surface area contributed by atoms with Crippen molar-refractivity contribution in [1.82, 2.24) is 9.78 Å².